The van der Waals surface area contributed by atoms with Crippen molar-refractivity contribution in [3.8, 4) is 0 Å². The van der Waals surface area contributed by atoms with E-state index in [9.17, 15) is 4.79 Å². The van der Waals surface area contributed by atoms with Gasteiger partial charge in [-0.3, -0.25) is 4.98 Å². The predicted octanol–water partition coefficient (Wildman–Crippen LogP) is 5.08. The Labute approximate surface area is 151 Å². The summed E-state index contributed by atoms with van der Waals surface area (Å²) in [4.78, 5) is 19.1. The maximum atomic E-state index is 12.9. The van der Waals surface area contributed by atoms with Crippen molar-refractivity contribution in [1.29, 1.82) is 0 Å². The Morgan fingerprint density at radius 1 is 1.12 bits per heavy atom. The van der Waals surface area contributed by atoms with Gasteiger partial charge in [0.15, 0.2) is 0 Å². The molecule has 25 heavy (non-hydrogen) atoms. The molecule has 0 spiro atoms. The highest BCUT2D eigenvalue weighted by molar-refractivity contribution is 6.30. The van der Waals surface area contributed by atoms with Gasteiger partial charge in [0.1, 0.15) is 0 Å². The molecule has 1 aliphatic carbocycles. The summed E-state index contributed by atoms with van der Waals surface area (Å²) < 4.78 is 0. The third kappa shape index (κ3) is 3.59. The molecule has 1 heterocycles. The van der Waals surface area contributed by atoms with Gasteiger partial charge in [-0.2, -0.15) is 0 Å². The first-order valence-electron chi connectivity index (χ1n) is 8.36. The number of hydrogen-bond donors (Lipinski definition) is 1. The van der Waals surface area contributed by atoms with Crippen LogP contribution in [0.15, 0.2) is 60.8 Å². The van der Waals surface area contributed by atoms with Crippen LogP contribution in [0.2, 0.25) is 5.02 Å². The van der Waals surface area contributed by atoms with E-state index in [-0.39, 0.29) is 6.03 Å². The van der Waals surface area contributed by atoms with Crippen molar-refractivity contribution >= 4 is 34.2 Å². The van der Waals surface area contributed by atoms with E-state index in [2.05, 4.69) is 10.3 Å². The molecule has 4 rings (SSSR count). The number of nitrogens with one attached hydrogen (secondary N) is 1. The molecule has 3 aromatic rings. The summed E-state index contributed by atoms with van der Waals surface area (Å²) in [6.07, 6.45) is 3.86. The molecule has 4 nitrogen and oxygen atoms in total. The Kier molecular flexibility index (Phi) is 4.28. The number of hydrogen-bond acceptors (Lipinski definition) is 2. The highest BCUT2D eigenvalue weighted by atomic mass is 35.5. The molecular formula is C20H18ClN3O. The number of pyridine rings is 1. The number of anilines is 1. The van der Waals surface area contributed by atoms with E-state index in [0.29, 0.717) is 17.6 Å². The van der Waals surface area contributed by atoms with Crippen LogP contribution < -0.4 is 5.32 Å². The van der Waals surface area contributed by atoms with Crippen LogP contribution >= 0.6 is 11.6 Å². The van der Waals surface area contributed by atoms with Crippen molar-refractivity contribution in [1.82, 2.24) is 9.88 Å². The molecule has 1 saturated carbocycles. The molecule has 1 fully saturated rings. The van der Waals surface area contributed by atoms with Crippen LogP contribution in [0.4, 0.5) is 10.5 Å². The van der Waals surface area contributed by atoms with Crippen molar-refractivity contribution in [2.24, 2.45) is 0 Å². The van der Waals surface area contributed by atoms with E-state index in [1.165, 1.54) is 0 Å². The van der Waals surface area contributed by atoms with Crippen LogP contribution in [-0.2, 0) is 6.54 Å². The Morgan fingerprint density at radius 3 is 2.68 bits per heavy atom. The summed E-state index contributed by atoms with van der Waals surface area (Å²) >= 11 is 5.95. The molecule has 0 aliphatic heterocycles. The van der Waals surface area contributed by atoms with Gasteiger partial charge in [0, 0.05) is 29.2 Å². The van der Waals surface area contributed by atoms with Gasteiger partial charge < -0.3 is 10.2 Å². The normalized spacial score (nSPS) is 13.6. The van der Waals surface area contributed by atoms with Crippen molar-refractivity contribution in [3.63, 3.8) is 0 Å². The SMILES string of the molecule is O=C(Nc1cccc2ncccc12)N(Cc1ccc(Cl)cc1)C1CC1. The molecule has 0 atom stereocenters. The van der Waals surface area contributed by atoms with Crippen molar-refractivity contribution in [3.05, 3.63) is 71.4 Å². The van der Waals surface area contributed by atoms with E-state index in [0.717, 1.165) is 35.0 Å². The maximum absolute atomic E-state index is 12.9. The molecule has 2 amide bonds. The molecule has 0 bridgehead atoms. The summed E-state index contributed by atoms with van der Waals surface area (Å²) in [5, 5.41) is 4.71. The third-order valence-electron chi connectivity index (χ3n) is 4.40. The molecule has 1 aromatic heterocycles. The molecule has 126 valence electrons. The molecule has 0 unspecified atom stereocenters. The van der Waals surface area contributed by atoms with E-state index in [1.807, 2.05) is 59.5 Å². The minimum absolute atomic E-state index is 0.0752. The number of urea groups is 1. The van der Waals surface area contributed by atoms with Gasteiger partial charge in [0.25, 0.3) is 0 Å². The van der Waals surface area contributed by atoms with E-state index >= 15 is 0 Å². The number of benzene rings is 2. The monoisotopic (exact) mass is 351 g/mol. The quantitative estimate of drug-likeness (QED) is 0.712. The molecule has 1 N–H and O–H groups in total. The molecular weight excluding hydrogens is 334 g/mol. The standard InChI is InChI=1S/C20H18ClN3O/c21-15-8-6-14(7-9-15)13-24(16-10-11-16)20(25)23-19-5-1-4-18-17(19)3-2-12-22-18/h1-9,12,16H,10-11,13H2,(H,23,25). The van der Waals surface area contributed by atoms with Gasteiger partial charge in [-0.15, -0.1) is 0 Å². The summed E-state index contributed by atoms with van der Waals surface area (Å²) in [5.74, 6) is 0. The molecule has 5 heteroatoms. The Bertz CT molecular complexity index is 901. The smallest absolute Gasteiger partial charge is 0.317 e. The van der Waals surface area contributed by atoms with Gasteiger partial charge in [-0.25, -0.2) is 4.79 Å². The Balaban J connectivity index is 1.55. The second kappa shape index (κ2) is 6.73. The number of aromatic nitrogens is 1. The van der Waals surface area contributed by atoms with Crippen LogP contribution in [0.25, 0.3) is 10.9 Å². The van der Waals surface area contributed by atoms with Crippen LogP contribution in [0.3, 0.4) is 0 Å². The largest absolute Gasteiger partial charge is 0.322 e. The lowest BCUT2D eigenvalue weighted by atomic mass is 10.2. The fourth-order valence-electron chi connectivity index (χ4n) is 2.94. The van der Waals surface area contributed by atoms with Gasteiger partial charge in [-0.1, -0.05) is 29.8 Å². The lowest BCUT2D eigenvalue weighted by Crippen LogP contribution is -2.36. The number of carbonyl (C=O) groups excluding carboxylic acids is 1. The molecule has 0 radical (unpaired) electrons. The lowest BCUT2D eigenvalue weighted by molar-refractivity contribution is 0.206. The topological polar surface area (TPSA) is 45.2 Å². The number of fused-ring (bicyclic) bond motifs is 1. The highest BCUT2D eigenvalue weighted by Gasteiger charge is 2.32. The zero-order chi connectivity index (χ0) is 17.2. The maximum Gasteiger partial charge on any atom is 0.322 e. The highest BCUT2D eigenvalue weighted by Crippen LogP contribution is 2.30. The summed E-state index contributed by atoms with van der Waals surface area (Å²) in [5.41, 5.74) is 2.74. The number of carbonyl (C=O) groups is 1. The summed E-state index contributed by atoms with van der Waals surface area (Å²) in [7, 11) is 0. The van der Waals surface area contributed by atoms with Gasteiger partial charge in [0.05, 0.1) is 11.2 Å². The van der Waals surface area contributed by atoms with Gasteiger partial charge >= 0.3 is 6.03 Å². The van der Waals surface area contributed by atoms with Gasteiger partial charge in [-0.05, 0) is 54.8 Å². The summed E-state index contributed by atoms with van der Waals surface area (Å²) in [6, 6.07) is 17.5. The fourth-order valence-corrected chi connectivity index (χ4v) is 3.06. The third-order valence-corrected chi connectivity index (χ3v) is 4.65. The average Bonchev–Trinajstić information content (AvgIpc) is 3.46. The summed E-state index contributed by atoms with van der Waals surface area (Å²) in [6.45, 7) is 0.580. The van der Waals surface area contributed by atoms with Crippen LogP contribution in [0.1, 0.15) is 18.4 Å². The van der Waals surface area contributed by atoms with Crippen LogP contribution in [-0.4, -0.2) is 22.0 Å². The first-order chi connectivity index (χ1) is 12.2. The Morgan fingerprint density at radius 2 is 1.92 bits per heavy atom. The van der Waals surface area contributed by atoms with Crippen molar-refractivity contribution in [2.75, 3.05) is 5.32 Å². The second-order valence-corrected chi connectivity index (χ2v) is 6.73. The van der Waals surface area contributed by atoms with Crippen molar-refractivity contribution < 1.29 is 4.79 Å². The van der Waals surface area contributed by atoms with E-state index in [1.54, 1.807) is 6.20 Å². The minimum Gasteiger partial charge on any atom is -0.317 e. The van der Waals surface area contributed by atoms with E-state index in [4.69, 9.17) is 11.6 Å². The zero-order valence-electron chi connectivity index (χ0n) is 13.7. The lowest BCUT2D eigenvalue weighted by Gasteiger charge is -2.23. The van der Waals surface area contributed by atoms with E-state index < -0.39 is 0 Å². The fraction of sp³-hybridized carbons (Fsp3) is 0.200. The zero-order valence-corrected chi connectivity index (χ0v) is 14.4. The van der Waals surface area contributed by atoms with Crippen LogP contribution in [0, 0.1) is 0 Å². The Hall–Kier alpha value is -2.59. The number of halogens is 1. The first kappa shape index (κ1) is 15.9. The average molecular weight is 352 g/mol. The predicted molar refractivity (Wildman–Crippen MR) is 101 cm³/mol. The second-order valence-electron chi connectivity index (χ2n) is 6.29. The molecule has 0 saturated heterocycles. The van der Waals surface area contributed by atoms with Gasteiger partial charge in [0.2, 0.25) is 0 Å². The first-order valence-corrected chi connectivity index (χ1v) is 8.74. The number of rotatable bonds is 4. The molecule has 2 aromatic carbocycles. The number of nitrogens with zero attached hydrogens (tertiary/aromatic N) is 2. The van der Waals surface area contributed by atoms with Crippen molar-refractivity contribution in [2.45, 2.75) is 25.4 Å². The molecule has 1 aliphatic rings. The minimum atomic E-state index is -0.0752. The number of amides is 2. The van der Waals surface area contributed by atoms with Crippen LogP contribution in [0.5, 0.6) is 0 Å².